The Morgan fingerprint density at radius 2 is 0.704 bits per heavy atom. The molecule has 0 N–H and O–H groups in total. The maximum absolute atomic E-state index is 6.80. The molecule has 0 fully saturated rings. The summed E-state index contributed by atoms with van der Waals surface area (Å²) in [5.74, 6) is 3.80. The van der Waals surface area contributed by atoms with Crippen LogP contribution in [0.15, 0.2) is 81.7 Å². The monoisotopic (exact) mass is 852 g/mol. The fourth-order valence-corrected chi connectivity index (χ4v) is 8.67. The van der Waals surface area contributed by atoms with E-state index in [1.54, 1.807) is 0 Å². The van der Waals surface area contributed by atoms with Crippen LogP contribution in [-0.2, 0) is 25.7 Å². The zero-order chi connectivity index (χ0) is 38.2. The summed E-state index contributed by atoms with van der Waals surface area (Å²) >= 11 is 7.81. The summed E-state index contributed by atoms with van der Waals surface area (Å²) in [6.45, 7) is 15.6. The van der Waals surface area contributed by atoms with E-state index in [9.17, 15) is 0 Å². The lowest BCUT2D eigenvalue weighted by molar-refractivity contribution is 0.304. The van der Waals surface area contributed by atoms with Gasteiger partial charge in [0.05, 0.1) is 26.4 Å². The topological polar surface area (TPSA) is 36.9 Å². The molecule has 0 aromatic heterocycles. The van der Waals surface area contributed by atoms with Crippen molar-refractivity contribution in [1.29, 1.82) is 0 Å². The summed E-state index contributed by atoms with van der Waals surface area (Å²) in [6, 6.07) is 27.0. The number of ether oxygens (including phenoxy) is 4. The Morgan fingerprint density at radius 1 is 0.407 bits per heavy atom. The summed E-state index contributed by atoms with van der Waals surface area (Å²) in [7, 11) is 0. The maximum Gasteiger partial charge on any atom is 0.126 e. The average Bonchev–Trinajstić information content (AvgIpc) is 3.12. The Kier molecular flexibility index (Phi) is 13.9. The lowest BCUT2D eigenvalue weighted by atomic mass is 9.89. The second-order valence-corrected chi connectivity index (χ2v) is 16.4. The van der Waals surface area contributed by atoms with Crippen LogP contribution in [-0.4, -0.2) is 26.4 Å². The van der Waals surface area contributed by atoms with Crippen molar-refractivity contribution in [3.8, 4) is 34.1 Å². The first-order valence-electron chi connectivity index (χ1n) is 19.7. The van der Waals surface area contributed by atoms with Crippen LogP contribution in [0.3, 0.4) is 0 Å². The Hall–Kier alpha value is -3.74. The second-order valence-electron chi connectivity index (χ2n) is 14.6. The molecule has 5 aromatic carbocycles. The van der Waals surface area contributed by atoms with Gasteiger partial charge in [-0.25, -0.2) is 0 Å². The van der Waals surface area contributed by atoms with Crippen LogP contribution in [0, 0.1) is 13.8 Å². The van der Waals surface area contributed by atoms with Gasteiger partial charge in [0.2, 0.25) is 0 Å². The van der Waals surface area contributed by atoms with Gasteiger partial charge in [-0.2, -0.15) is 0 Å². The number of halogens is 2. The van der Waals surface area contributed by atoms with Crippen LogP contribution in [0.1, 0.15) is 109 Å². The highest BCUT2D eigenvalue weighted by Crippen LogP contribution is 2.42. The van der Waals surface area contributed by atoms with Crippen LogP contribution >= 0.6 is 31.9 Å². The number of hydrogen-bond acceptors (Lipinski definition) is 4. The van der Waals surface area contributed by atoms with Gasteiger partial charge in [0, 0.05) is 56.9 Å². The molecule has 5 aromatic rings. The zero-order valence-electron chi connectivity index (χ0n) is 32.8. The van der Waals surface area contributed by atoms with Gasteiger partial charge in [-0.3, -0.25) is 0 Å². The van der Waals surface area contributed by atoms with E-state index in [1.165, 1.54) is 22.3 Å². The minimum atomic E-state index is 0.632. The molecule has 1 aliphatic rings. The first kappa shape index (κ1) is 39.9. The van der Waals surface area contributed by atoms with Gasteiger partial charge in [0.15, 0.2) is 0 Å². The molecular formula is C48H54Br2O4. The van der Waals surface area contributed by atoms with Gasteiger partial charge in [-0.15, -0.1) is 0 Å². The van der Waals surface area contributed by atoms with Crippen molar-refractivity contribution in [3.63, 3.8) is 0 Å². The molecule has 0 heterocycles. The number of benzene rings is 5. The quantitative estimate of drug-likeness (QED) is 0.116. The van der Waals surface area contributed by atoms with Gasteiger partial charge in [0.25, 0.3) is 0 Å². The van der Waals surface area contributed by atoms with Crippen LogP contribution in [0.2, 0.25) is 0 Å². The summed E-state index contributed by atoms with van der Waals surface area (Å²) < 4.78 is 29.0. The van der Waals surface area contributed by atoms with E-state index >= 15 is 0 Å². The maximum atomic E-state index is 6.80. The predicted octanol–water partition coefficient (Wildman–Crippen LogP) is 13.3. The molecule has 0 saturated carbocycles. The second kappa shape index (κ2) is 18.7. The Morgan fingerprint density at radius 3 is 1.06 bits per heavy atom. The third kappa shape index (κ3) is 9.55. The molecule has 0 unspecified atom stereocenters. The lowest BCUT2D eigenvalue weighted by Crippen LogP contribution is -2.10. The Bertz CT molecular complexity index is 2060. The van der Waals surface area contributed by atoms with E-state index in [4.69, 9.17) is 18.9 Å². The van der Waals surface area contributed by atoms with Crippen molar-refractivity contribution >= 4 is 31.9 Å². The Labute approximate surface area is 339 Å². The van der Waals surface area contributed by atoms with Crippen molar-refractivity contribution in [1.82, 2.24) is 0 Å². The van der Waals surface area contributed by atoms with Crippen molar-refractivity contribution in [2.75, 3.05) is 26.4 Å². The van der Waals surface area contributed by atoms with Crippen molar-refractivity contribution in [3.05, 3.63) is 137 Å². The van der Waals surface area contributed by atoms with E-state index in [2.05, 4.69) is 146 Å². The Balaban J connectivity index is 1.68. The number of aryl methyl sites for hydroxylation is 2. The predicted molar refractivity (Wildman–Crippen MR) is 230 cm³/mol. The van der Waals surface area contributed by atoms with Gasteiger partial charge in [-0.05, 0) is 109 Å². The van der Waals surface area contributed by atoms with Crippen LogP contribution in [0.4, 0.5) is 0 Å². The zero-order valence-corrected chi connectivity index (χ0v) is 36.0. The first-order valence-corrected chi connectivity index (χ1v) is 21.3. The number of rotatable bonds is 13. The molecule has 4 nitrogen and oxygen atoms in total. The van der Waals surface area contributed by atoms with Crippen LogP contribution in [0.25, 0.3) is 11.1 Å². The van der Waals surface area contributed by atoms with E-state index in [1.807, 2.05) is 0 Å². The molecule has 0 aliphatic heterocycles. The third-order valence-electron chi connectivity index (χ3n) is 9.72. The molecule has 0 atom stereocenters. The van der Waals surface area contributed by atoms with Gasteiger partial charge < -0.3 is 18.9 Å². The fraction of sp³-hybridized carbons (Fsp3) is 0.375. The smallest absolute Gasteiger partial charge is 0.126 e. The molecule has 0 radical (unpaired) electrons. The fourth-order valence-electron chi connectivity index (χ4n) is 7.57. The summed E-state index contributed by atoms with van der Waals surface area (Å²) in [5, 5.41) is 0. The van der Waals surface area contributed by atoms with E-state index in [-0.39, 0.29) is 0 Å². The summed E-state index contributed by atoms with van der Waals surface area (Å²) in [4.78, 5) is 0. The standard InChI is InChI=1S/C48H54Br2O4/c1-7-14-51-45-33-12-11-13-34(45)22-39-27-43(49)29-41(47(39)53-16-9-3)26-42-30-44(50)28-40(48(42)54-17-10-4)25-38-24-36(35-19-31(5)18-32(6)20-35)23-37(21-33)46(38)52-15-8-2/h11-13,18-20,23-24,27-30H,7-10,14-17,21-22,25-26H2,1-6H3. The van der Waals surface area contributed by atoms with Crippen molar-refractivity contribution in [2.24, 2.45) is 0 Å². The number of para-hydroxylation sites is 1. The van der Waals surface area contributed by atoms with E-state index < -0.39 is 0 Å². The third-order valence-corrected chi connectivity index (χ3v) is 10.6. The minimum absolute atomic E-state index is 0.632. The average molecular weight is 855 g/mol. The molecule has 6 rings (SSSR count). The first-order chi connectivity index (χ1) is 26.2. The highest BCUT2D eigenvalue weighted by atomic mass is 79.9. The molecular weight excluding hydrogens is 800 g/mol. The number of hydrogen-bond donors (Lipinski definition) is 0. The molecule has 1 aliphatic carbocycles. The molecule has 284 valence electrons. The van der Waals surface area contributed by atoms with Crippen LogP contribution in [0.5, 0.6) is 23.0 Å². The van der Waals surface area contributed by atoms with E-state index in [0.29, 0.717) is 52.1 Å². The molecule has 0 saturated heterocycles. The van der Waals surface area contributed by atoms with Gasteiger partial charge >= 0.3 is 0 Å². The highest BCUT2D eigenvalue weighted by molar-refractivity contribution is 9.10. The normalized spacial score (nSPS) is 12.4. The van der Waals surface area contributed by atoms with Crippen molar-refractivity contribution < 1.29 is 18.9 Å². The summed E-state index contributed by atoms with van der Waals surface area (Å²) in [5.41, 5.74) is 14.0. The minimum Gasteiger partial charge on any atom is -0.493 e. The molecule has 8 bridgehead atoms. The molecule has 54 heavy (non-hydrogen) atoms. The SMILES string of the molecule is CCCOc1c2cccc1Cc1cc(-c3cc(C)cc(C)c3)cc(c1OCCC)Cc1cc(Br)cc(c1OCCC)Cc1cc(Br)cc(c1OCCC)C2. The largest absolute Gasteiger partial charge is 0.493 e. The molecule has 0 amide bonds. The van der Waals surface area contributed by atoms with Crippen molar-refractivity contribution in [2.45, 2.75) is 92.9 Å². The summed E-state index contributed by atoms with van der Waals surface area (Å²) in [6.07, 6.45) is 6.33. The van der Waals surface area contributed by atoms with Gasteiger partial charge in [0.1, 0.15) is 23.0 Å². The lowest BCUT2D eigenvalue weighted by Gasteiger charge is -2.24. The molecule has 0 spiro atoms. The number of fused-ring (bicyclic) bond motifs is 8. The van der Waals surface area contributed by atoms with E-state index in [0.717, 1.165) is 102 Å². The molecule has 6 heteroatoms. The highest BCUT2D eigenvalue weighted by Gasteiger charge is 2.24. The van der Waals surface area contributed by atoms with Gasteiger partial charge in [-0.1, -0.05) is 107 Å². The van der Waals surface area contributed by atoms with Crippen LogP contribution < -0.4 is 18.9 Å².